The zero-order valence-corrected chi connectivity index (χ0v) is 22.0. The minimum absolute atomic E-state index is 0.109. The Bertz CT molecular complexity index is 818. The second-order valence-corrected chi connectivity index (χ2v) is 12.3. The van der Waals surface area contributed by atoms with Gasteiger partial charge in [-0.3, -0.25) is 4.57 Å². The molecule has 0 aliphatic rings. The number of benzene rings is 1. The molecule has 1 rings (SSSR count). The Kier molecular flexibility index (Phi) is 14.7. The number of unbranched alkanes of at least 4 members (excludes halogenated alkanes) is 6. The van der Waals surface area contributed by atoms with E-state index in [1.54, 1.807) is 30.3 Å². The third kappa shape index (κ3) is 12.2. The standard InChI is InChI=1S/C23H42NO8PS/c1-3-5-7-12-16-20(24-34(30,31)17-13-8-6-4-2)21(25)22(23(26)33(27,28)29)32-18-19-14-10-9-11-15-19/h9-11,14-15,20-26H,3-8,12-13,16-18H2,1-2H3,(H2,27,28,29). The molecule has 34 heavy (non-hydrogen) atoms. The molecule has 11 heteroatoms. The SMILES string of the molecule is CCCCCCC(NS(=O)(=O)CCCCCC)C(O)C(OCc1ccccc1)C(O)P(=O)(O)O. The van der Waals surface area contributed by atoms with Crippen molar-refractivity contribution in [3.05, 3.63) is 35.9 Å². The van der Waals surface area contributed by atoms with E-state index in [2.05, 4.69) is 4.72 Å². The number of hydrogen-bond donors (Lipinski definition) is 5. The zero-order chi connectivity index (χ0) is 25.6. The minimum Gasteiger partial charge on any atom is -0.389 e. The van der Waals surface area contributed by atoms with Gasteiger partial charge in [0.15, 0.2) is 5.85 Å². The van der Waals surface area contributed by atoms with Gasteiger partial charge in [-0.05, 0) is 18.4 Å². The molecule has 0 saturated heterocycles. The highest BCUT2D eigenvalue weighted by molar-refractivity contribution is 7.89. The van der Waals surface area contributed by atoms with Gasteiger partial charge in [-0.15, -0.1) is 0 Å². The van der Waals surface area contributed by atoms with Crippen LogP contribution in [0.25, 0.3) is 0 Å². The van der Waals surface area contributed by atoms with Crippen molar-refractivity contribution in [2.45, 2.75) is 102 Å². The monoisotopic (exact) mass is 523 g/mol. The molecule has 0 heterocycles. The molecule has 0 radical (unpaired) electrons. The van der Waals surface area contributed by atoms with Crippen LogP contribution in [0.1, 0.15) is 77.2 Å². The van der Waals surface area contributed by atoms with Crippen molar-refractivity contribution in [1.29, 1.82) is 0 Å². The van der Waals surface area contributed by atoms with Crippen LogP contribution >= 0.6 is 7.60 Å². The lowest BCUT2D eigenvalue weighted by Crippen LogP contribution is -2.53. The Labute approximate surface area is 204 Å². The summed E-state index contributed by atoms with van der Waals surface area (Å²) in [5.41, 5.74) is 0.675. The minimum atomic E-state index is -5.05. The zero-order valence-electron chi connectivity index (χ0n) is 20.3. The lowest BCUT2D eigenvalue weighted by Gasteiger charge is -2.33. The predicted molar refractivity (Wildman–Crippen MR) is 133 cm³/mol. The largest absolute Gasteiger partial charge is 0.389 e. The summed E-state index contributed by atoms with van der Waals surface area (Å²) in [6.45, 7) is 3.94. The molecular formula is C23H42NO8PS. The molecule has 9 nitrogen and oxygen atoms in total. The van der Waals surface area contributed by atoms with Gasteiger partial charge in [0.2, 0.25) is 10.0 Å². The van der Waals surface area contributed by atoms with E-state index in [1.165, 1.54) is 0 Å². The van der Waals surface area contributed by atoms with Crippen molar-refractivity contribution in [3.8, 4) is 0 Å². The van der Waals surface area contributed by atoms with Crippen LogP contribution in [-0.2, 0) is 25.9 Å². The fourth-order valence-corrected chi connectivity index (χ4v) is 5.71. The van der Waals surface area contributed by atoms with Gasteiger partial charge in [0.25, 0.3) is 0 Å². The summed E-state index contributed by atoms with van der Waals surface area (Å²) >= 11 is 0. The van der Waals surface area contributed by atoms with Crippen molar-refractivity contribution in [2.24, 2.45) is 0 Å². The number of aliphatic hydroxyl groups excluding tert-OH is 2. The Hall–Kier alpha value is -0.840. The van der Waals surface area contributed by atoms with E-state index < -0.39 is 41.7 Å². The van der Waals surface area contributed by atoms with Crippen LogP contribution in [0.5, 0.6) is 0 Å². The van der Waals surface area contributed by atoms with Crippen molar-refractivity contribution >= 4 is 17.6 Å². The van der Waals surface area contributed by atoms with Gasteiger partial charge in [-0.2, -0.15) is 0 Å². The maximum absolute atomic E-state index is 12.7. The first kappa shape index (κ1) is 31.2. The highest BCUT2D eigenvalue weighted by atomic mass is 32.2. The van der Waals surface area contributed by atoms with E-state index in [9.17, 15) is 33.0 Å². The summed E-state index contributed by atoms with van der Waals surface area (Å²) in [5, 5.41) is 21.4. The third-order valence-corrected chi connectivity index (χ3v) is 8.11. The normalized spacial score (nSPS) is 16.2. The summed E-state index contributed by atoms with van der Waals surface area (Å²) in [7, 11) is -8.80. The number of rotatable bonds is 19. The molecule has 0 fully saturated rings. The Morgan fingerprint density at radius 3 is 2.09 bits per heavy atom. The smallest absolute Gasteiger partial charge is 0.356 e. The fraction of sp³-hybridized carbons (Fsp3) is 0.739. The highest BCUT2D eigenvalue weighted by Gasteiger charge is 2.43. The van der Waals surface area contributed by atoms with Crippen LogP contribution in [0.15, 0.2) is 30.3 Å². The number of hydrogen-bond acceptors (Lipinski definition) is 6. The van der Waals surface area contributed by atoms with Crippen LogP contribution in [-0.4, -0.2) is 58.3 Å². The van der Waals surface area contributed by atoms with E-state index >= 15 is 0 Å². The van der Waals surface area contributed by atoms with Crippen LogP contribution < -0.4 is 4.72 Å². The molecule has 1 aromatic rings. The number of ether oxygens (including phenoxy) is 1. The van der Waals surface area contributed by atoms with Gasteiger partial charge in [-0.25, -0.2) is 13.1 Å². The van der Waals surface area contributed by atoms with Crippen molar-refractivity contribution in [2.75, 3.05) is 5.75 Å². The first-order valence-electron chi connectivity index (χ1n) is 12.1. The molecule has 0 bridgehead atoms. The summed E-state index contributed by atoms with van der Waals surface area (Å²) in [6.07, 6.45) is 3.33. The lowest BCUT2D eigenvalue weighted by molar-refractivity contribution is -0.0979. The summed E-state index contributed by atoms with van der Waals surface area (Å²) in [5.74, 6) is -2.42. The second kappa shape index (κ2) is 16.0. The first-order valence-corrected chi connectivity index (χ1v) is 15.4. The molecule has 0 amide bonds. The van der Waals surface area contributed by atoms with Gasteiger partial charge in [-0.1, -0.05) is 89.1 Å². The Morgan fingerprint density at radius 1 is 0.941 bits per heavy atom. The van der Waals surface area contributed by atoms with E-state index in [1.807, 2.05) is 13.8 Å². The molecule has 0 spiro atoms. The van der Waals surface area contributed by atoms with E-state index in [0.717, 1.165) is 38.5 Å². The number of aliphatic hydroxyl groups is 2. The first-order chi connectivity index (χ1) is 16.0. The van der Waals surface area contributed by atoms with E-state index in [0.29, 0.717) is 18.4 Å². The van der Waals surface area contributed by atoms with Gasteiger partial charge >= 0.3 is 7.60 Å². The van der Waals surface area contributed by atoms with Gasteiger partial charge < -0.3 is 24.7 Å². The maximum atomic E-state index is 12.7. The summed E-state index contributed by atoms with van der Waals surface area (Å²) in [6, 6.07) is 7.71. The molecule has 1 aromatic carbocycles. The lowest BCUT2D eigenvalue weighted by atomic mass is 9.99. The molecule has 198 valence electrons. The van der Waals surface area contributed by atoms with Crippen LogP contribution in [0, 0.1) is 0 Å². The Balaban J connectivity index is 3.06. The average molecular weight is 524 g/mol. The second-order valence-electron chi connectivity index (χ2n) is 8.71. The number of nitrogens with one attached hydrogen (secondary N) is 1. The molecule has 0 aliphatic carbocycles. The van der Waals surface area contributed by atoms with Crippen molar-refractivity contribution in [3.63, 3.8) is 0 Å². The number of sulfonamides is 1. The summed E-state index contributed by atoms with van der Waals surface area (Å²) < 4.78 is 45.3. The molecule has 0 saturated carbocycles. The fourth-order valence-electron chi connectivity index (χ4n) is 3.65. The van der Waals surface area contributed by atoms with E-state index in [-0.39, 0.29) is 18.8 Å². The van der Waals surface area contributed by atoms with Gasteiger partial charge in [0.05, 0.1) is 24.5 Å². The topological polar surface area (TPSA) is 153 Å². The van der Waals surface area contributed by atoms with Crippen LogP contribution in [0.4, 0.5) is 0 Å². The van der Waals surface area contributed by atoms with Gasteiger partial charge in [0, 0.05) is 0 Å². The highest BCUT2D eigenvalue weighted by Crippen LogP contribution is 2.43. The molecule has 5 N–H and O–H groups in total. The average Bonchev–Trinajstić information content (AvgIpc) is 2.78. The molecule has 0 aliphatic heterocycles. The molecular weight excluding hydrogens is 481 g/mol. The van der Waals surface area contributed by atoms with E-state index in [4.69, 9.17) is 4.74 Å². The third-order valence-electron chi connectivity index (χ3n) is 5.64. The Morgan fingerprint density at radius 2 is 1.53 bits per heavy atom. The van der Waals surface area contributed by atoms with Gasteiger partial charge in [0.1, 0.15) is 6.10 Å². The van der Waals surface area contributed by atoms with Crippen LogP contribution in [0.2, 0.25) is 0 Å². The van der Waals surface area contributed by atoms with Crippen molar-refractivity contribution in [1.82, 2.24) is 4.72 Å². The van der Waals surface area contributed by atoms with Crippen LogP contribution in [0.3, 0.4) is 0 Å². The maximum Gasteiger partial charge on any atom is 0.356 e. The summed E-state index contributed by atoms with van der Waals surface area (Å²) in [4.78, 5) is 19.1. The molecule has 4 unspecified atom stereocenters. The molecule has 0 aromatic heterocycles. The quantitative estimate of drug-likeness (QED) is 0.137. The predicted octanol–water partition coefficient (Wildman–Crippen LogP) is 3.27. The molecule has 4 atom stereocenters. The van der Waals surface area contributed by atoms with Crippen molar-refractivity contribution < 1.29 is 37.7 Å².